The number of aryl methyl sites for hydroxylation is 1. The Bertz CT molecular complexity index is 2490. The zero-order valence-corrected chi connectivity index (χ0v) is 28.6. The third-order valence-electron chi connectivity index (χ3n) is 10.4. The van der Waals surface area contributed by atoms with E-state index in [1.807, 2.05) is 0 Å². The maximum absolute atomic E-state index is 2.43. The highest BCUT2D eigenvalue weighted by atomic mass is 15.2. The minimum atomic E-state index is -0.0902. The molecule has 0 unspecified atom stereocenters. The van der Waals surface area contributed by atoms with Crippen LogP contribution in [0.3, 0.4) is 0 Å². The van der Waals surface area contributed by atoms with Crippen molar-refractivity contribution in [2.75, 3.05) is 9.80 Å². The molecule has 8 aromatic rings. The summed E-state index contributed by atoms with van der Waals surface area (Å²) in [5, 5.41) is 4.88. The first-order chi connectivity index (χ1) is 24.5. The monoisotopic (exact) mass is 642 g/mol. The summed E-state index contributed by atoms with van der Waals surface area (Å²) < 4.78 is 0. The SMILES string of the molecule is Cc1cccc(N(c2ccc3c(c2)C(C)(C)c2ccccc2-3)c2ccc3c(N(c4ccccc4)c4ccccc4)cc4ccccc4c3c2)c1. The average molecular weight is 643 g/mol. The van der Waals surface area contributed by atoms with Crippen molar-refractivity contribution in [3.05, 3.63) is 193 Å². The van der Waals surface area contributed by atoms with Crippen LogP contribution < -0.4 is 9.80 Å². The Morgan fingerprint density at radius 2 is 0.980 bits per heavy atom. The van der Waals surface area contributed by atoms with Gasteiger partial charge >= 0.3 is 0 Å². The highest BCUT2D eigenvalue weighted by Crippen LogP contribution is 2.51. The maximum atomic E-state index is 2.43. The molecule has 9 rings (SSSR count). The fourth-order valence-electron chi connectivity index (χ4n) is 8.02. The first-order valence-corrected chi connectivity index (χ1v) is 17.4. The van der Waals surface area contributed by atoms with Crippen LogP contribution in [0.4, 0.5) is 34.1 Å². The number of hydrogen-bond acceptors (Lipinski definition) is 2. The van der Waals surface area contributed by atoms with Crippen LogP contribution in [0.15, 0.2) is 176 Å². The first-order valence-electron chi connectivity index (χ1n) is 17.4. The van der Waals surface area contributed by atoms with Gasteiger partial charge in [0.05, 0.1) is 5.69 Å². The Hall–Kier alpha value is -6.12. The van der Waals surface area contributed by atoms with Gasteiger partial charge in [-0.25, -0.2) is 0 Å². The lowest BCUT2D eigenvalue weighted by Crippen LogP contribution is -2.16. The lowest BCUT2D eigenvalue weighted by Gasteiger charge is -2.30. The second-order valence-electron chi connectivity index (χ2n) is 13.9. The summed E-state index contributed by atoms with van der Waals surface area (Å²) in [6, 6.07) is 64.3. The van der Waals surface area contributed by atoms with Crippen LogP contribution in [0.2, 0.25) is 0 Å². The van der Waals surface area contributed by atoms with Gasteiger partial charge < -0.3 is 9.80 Å². The van der Waals surface area contributed by atoms with Gasteiger partial charge in [-0.1, -0.05) is 123 Å². The minimum absolute atomic E-state index is 0.0902. The van der Waals surface area contributed by atoms with E-state index in [0.717, 1.165) is 34.1 Å². The van der Waals surface area contributed by atoms with Gasteiger partial charge in [-0.15, -0.1) is 0 Å². The molecule has 1 aliphatic carbocycles. The van der Waals surface area contributed by atoms with Gasteiger partial charge in [-0.2, -0.15) is 0 Å². The summed E-state index contributed by atoms with van der Waals surface area (Å²) >= 11 is 0. The number of hydrogen-bond donors (Lipinski definition) is 0. The molecule has 0 bridgehead atoms. The van der Waals surface area contributed by atoms with Crippen molar-refractivity contribution in [3.63, 3.8) is 0 Å². The van der Waals surface area contributed by atoms with Crippen LogP contribution in [-0.2, 0) is 5.41 Å². The Labute approximate surface area is 294 Å². The highest BCUT2D eigenvalue weighted by Gasteiger charge is 2.35. The van der Waals surface area contributed by atoms with E-state index in [9.17, 15) is 0 Å². The van der Waals surface area contributed by atoms with Crippen LogP contribution in [0, 0.1) is 6.92 Å². The zero-order chi connectivity index (χ0) is 33.8. The molecule has 0 radical (unpaired) electrons. The first kappa shape index (κ1) is 30.0. The third-order valence-corrected chi connectivity index (χ3v) is 10.4. The van der Waals surface area contributed by atoms with Crippen molar-refractivity contribution >= 4 is 55.7 Å². The molecule has 0 aliphatic heterocycles. The number of anilines is 6. The Morgan fingerprint density at radius 3 is 1.74 bits per heavy atom. The standard InChI is InChI=1S/C48H38N2/c1-33-15-14-21-37(29-33)49(39-25-27-42-41-23-12-13-24-45(41)48(2,3)46(42)32-39)38-26-28-43-44(31-38)40-22-11-10-16-34(40)30-47(43)50(35-17-6-4-7-18-35)36-19-8-5-9-20-36/h4-32H,1-3H3. The summed E-state index contributed by atoms with van der Waals surface area (Å²) in [4.78, 5) is 4.81. The number of benzene rings is 8. The highest BCUT2D eigenvalue weighted by molar-refractivity contribution is 6.15. The fraction of sp³-hybridized carbons (Fsp3) is 0.0833. The van der Waals surface area contributed by atoms with E-state index in [-0.39, 0.29) is 5.41 Å². The van der Waals surface area contributed by atoms with E-state index >= 15 is 0 Å². The molecule has 0 saturated heterocycles. The molecule has 8 aromatic carbocycles. The predicted octanol–water partition coefficient (Wildman–Crippen LogP) is 13.5. The fourth-order valence-corrected chi connectivity index (χ4v) is 8.02. The average Bonchev–Trinajstić information content (AvgIpc) is 3.38. The van der Waals surface area contributed by atoms with E-state index in [2.05, 4.69) is 206 Å². The molecule has 0 atom stereocenters. The van der Waals surface area contributed by atoms with E-state index < -0.39 is 0 Å². The molecule has 2 nitrogen and oxygen atoms in total. The second-order valence-corrected chi connectivity index (χ2v) is 13.9. The van der Waals surface area contributed by atoms with Crippen LogP contribution in [0.25, 0.3) is 32.7 Å². The molecule has 0 aromatic heterocycles. The van der Waals surface area contributed by atoms with Crippen molar-refractivity contribution in [2.45, 2.75) is 26.2 Å². The summed E-state index contributed by atoms with van der Waals surface area (Å²) in [5.74, 6) is 0. The zero-order valence-electron chi connectivity index (χ0n) is 28.6. The van der Waals surface area contributed by atoms with Gasteiger partial charge in [-0.05, 0) is 118 Å². The Balaban J connectivity index is 1.28. The van der Waals surface area contributed by atoms with E-state index in [0.29, 0.717) is 0 Å². The number of rotatable bonds is 6. The predicted molar refractivity (Wildman–Crippen MR) is 213 cm³/mol. The Kier molecular flexibility index (Phi) is 7.07. The molecule has 50 heavy (non-hydrogen) atoms. The molecule has 2 heteroatoms. The molecule has 0 spiro atoms. The molecule has 0 amide bonds. The van der Waals surface area contributed by atoms with Crippen molar-refractivity contribution in [1.82, 2.24) is 0 Å². The van der Waals surface area contributed by atoms with Crippen molar-refractivity contribution in [1.29, 1.82) is 0 Å². The lowest BCUT2D eigenvalue weighted by atomic mass is 9.82. The maximum Gasteiger partial charge on any atom is 0.0546 e. The van der Waals surface area contributed by atoms with Crippen LogP contribution in [0.5, 0.6) is 0 Å². The summed E-state index contributed by atoms with van der Waals surface area (Å²) in [6.07, 6.45) is 0. The molecule has 0 fully saturated rings. The van der Waals surface area contributed by atoms with E-state index in [1.54, 1.807) is 0 Å². The topological polar surface area (TPSA) is 6.48 Å². The largest absolute Gasteiger partial charge is 0.310 e. The second kappa shape index (κ2) is 11.8. The smallest absolute Gasteiger partial charge is 0.0546 e. The van der Waals surface area contributed by atoms with Crippen molar-refractivity contribution in [3.8, 4) is 11.1 Å². The van der Waals surface area contributed by atoms with Crippen molar-refractivity contribution < 1.29 is 0 Å². The van der Waals surface area contributed by atoms with Crippen LogP contribution >= 0.6 is 0 Å². The van der Waals surface area contributed by atoms with Gasteiger partial charge in [-0.3, -0.25) is 0 Å². The van der Waals surface area contributed by atoms with Gasteiger partial charge in [0.15, 0.2) is 0 Å². The molecule has 0 N–H and O–H groups in total. The number of fused-ring (bicyclic) bond motifs is 6. The van der Waals surface area contributed by atoms with Crippen LogP contribution in [-0.4, -0.2) is 0 Å². The third kappa shape index (κ3) is 4.87. The molecule has 0 heterocycles. The Morgan fingerprint density at radius 1 is 0.380 bits per heavy atom. The number of para-hydroxylation sites is 2. The molecular formula is C48H38N2. The molecule has 240 valence electrons. The molecule has 0 saturated carbocycles. The van der Waals surface area contributed by atoms with Gasteiger partial charge in [0.2, 0.25) is 0 Å². The van der Waals surface area contributed by atoms with Gasteiger partial charge in [0, 0.05) is 39.2 Å². The normalized spacial score (nSPS) is 12.9. The minimum Gasteiger partial charge on any atom is -0.310 e. The number of nitrogens with zero attached hydrogens (tertiary/aromatic N) is 2. The molecule has 1 aliphatic rings. The van der Waals surface area contributed by atoms with E-state index in [1.165, 1.54) is 49.4 Å². The molecular weight excluding hydrogens is 605 g/mol. The quantitative estimate of drug-likeness (QED) is 0.167. The van der Waals surface area contributed by atoms with Crippen molar-refractivity contribution in [2.24, 2.45) is 0 Å². The summed E-state index contributed by atoms with van der Waals surface area (Å²) in [6.45, 7) is 6.88. The van der Waals surface area contributed by atoms with Gasteiger partial charge in [0.25, 0.3) is 0 Å². The van der Waals surface area contributed by atoms with E-state index in [4.69, 9.17) is 0 Å². The van der Waals surface area contributed by atoms with Gasteiger partial charge in [0.1, 0.15) is 0 Å². The summed E-state index contributed by atoms with van der Waals surface area (Å²) in [7, 11) is 0. The van der Waals surface area contributed by atoms with Crippen LogP contribution in [0.1, 0.15) is 30.5 Å². The lowest BCUT2D eigenvalue weighted by molar-refractivity contribution is 0.660. The summed E-state index contributed by atoms with van der Waals surface area (Å²) in [5.41, 5.74) is 13.4.